The third kappa shape index (κ3) is 2.30. The van der Waals surface area contributed by atoms with E-state index in [1.807, 2.05) is 6.07 Å². The first kappa shape index (κ1) is 12.0. The molecule has 0 aliphatic carbocycles. The van der Waals surface area contributed by atoms with Gasteiger partial charge >= 0.3 is 0 Å². The average molecular weight is 239 g/mol. The lowest BCUT2D eigenvalue weighted by atomic mass is 9.98. The van der Waals surface area contributed by atoms with Crippen LogP contribution in [-0.4, -0.2) is 18.7 Å². The number of ketones is 1. The molecule has 2 rings (SSSR count). The fourth-order valence-electron chi connectivity index (χ4n) is 1.76. The Hall–Kier alpha value is -2.42. The van der Waals surface area contributed by atoms with Crippen molar-refractivity contribution in [1.29, 1.82) is 0 Å². The van der Waals surface area contributed by atoms with Crippen molar-refractivity contribution < 1.29 is 9.59 Å². The summed E-state index contributed by atoms with van der Waals surface area (Å²) in [6, 6.07) is 15.7. The Balaban J connectivity index is 2.46. The maximum absolute atomic E-state index is 12.3. The number of nitrogens with one attached hydrogen (secondary N) is 1. The molecule has 1 N–H and O–H groups in total. The minimum absolute atomic E-state index is 0.144. The molecule has 18 heavy (non-hydrogen) atoms. The van der Waals surface area contributed by atoms with Crippen LogP contribution in [0.15, 0.2) is 54.6 Å². The molecule has 3 nitrogen and oxygen atoms in total. The van der Waals surface area contributed by atoms with E-state index in [9.17, 15) is 9.59 Å². The maximum atomic E-state index is 12.3. The fraction of sp³-hybridized carbons (Fsp3) is 0.0667. The molecule has 0 unspecified atom stereocenters. The summed E-state index contributed by atoms with van der Waals surface area (Å²) >= 11 is 0. The summed E-state index contributed by atoms with van der Waals surface area (Å²) in [6.45, 7) is 0. The summed E-state index contributed by atoms with van der Waals surface area (Å²) in [5.74, 6) is -0.398. The normalized spacial score (nSPS) is 9.83. The first-order valence-corrected chi connectivity index (χ1v) is 5.65. The van der Waals surface area contributed by atoms with Crippen LogP contribution in [0.5, 0.6) is 0 Å². The highest BCUT2D eigenvalue weighted by Gasteiger charge is 2.16. The molecule has 0 saturated carbocycles. The second kappa shape index (κ2) is 5.27. The molecule has 0 atom stereocenters. The molecule has 0 spiro atoms. The highest BCUT2D eigenvalue weighted by atomic mass is 16.2. The van der Waals surface area contributed by atoms with E-state index in [1.54, 1.807) is 55.6 Å². The van der Waals surface area contributed by atoms with Gasteiger partial charge in [0.1, 0.15) is 0 Å². The molecule has 0 aliphatic heterocycles. The Morgan fingerprint density at radius 1 is 0.833 bits per heavy atom. The lowest BCUT2D eigenvalue weighted by molar-refractivity contribution is 0.0950. The van der Waals surface area contributed by atoms with Gasteiger partial charge in [-0.05, 0) is 6.07 Å². The van der Waals surface area contributed by atoms with Crippen LogP contribution in [0.25, 0.3) is 0 Å². The molecular formula is C15H13NO2. The number of hydrogen-bond donors (Lipinski definition) is 1. The Bertz CT molecular complexity index is 576. The van der Waals surface area contributed by atoms with Gasteiger partial charge < -0.3 is 5.32 Å². The monoisotopic (exact) mass is 239 g/mol. The van der Waals surface area contributed by atoms with Gasteiger partial charge in [-0.25, -0.2) is 0 Å². The van der Waals surface area contributed by atoms with E-state index < -0.39 is 0 Å². The van der Waals surface area contributed by atoms with Crippen molar-refractivity contribution in [2.45, 2.75) is 0 Å². The van der Waals surface area contributed by atoms with Crippen molar-refractivity contribution in [3.8, 4) is 0 Å². The lowest BCUT2D eigenvalue weighted by Gasteiger charge is -2.07. The van der Waals surface area contributed by atoms with Crippen molar-refractivity contribution in [2.24, 2.45) is 0 Å². The van der Waals surface area contributed by atoms with Gasteiger partial charge in [0, 0.05) is 18.2 Å². The van der Waals surface area contributed by atoms with Gasteiger partial charge in [0.25, 0.3) is 5.91 Å². The fourth-order valence-corrected chi connectivity index (χ4v) is 1.76. The van der Waals surface area contributed by atoms with Crippen LogP contribution in [0.1, 0.15) is 26.3 Å². The molecular weight excluding hydrogens is 226 g/mol. The third-order valence-electron chi connectivity index (χ3n) is 2.68. The van der Waals surface area contributed by atoms with Crippen molar-refractivity contribution in [3.05, 3.63) is 71.3 Å². The topological polar surface area (TPSA) is 46.2 Å². The predicted octanol–water partition coefficient (Wildman–Crippen LogP) is 2.28. The minimum Gasteiger partial charge on any atom is -0.355 e. The smallest absolute Gasteiger partial charge is 0.251 e. The first-order valence-electron chi connectivity index (χ1n) is 5.65. The molecule has 2 aromatic rings. The van der Waals surface area contributed by atoms with E-state index in [0.717, 1.165) is 0 Å². The summed E-state index contributed by atoms with van der Waals surface area (Å²) < 4.78 is 0. The molecule has 0 saturated heterocycles. The van der Waals surface area contributed by atoms with Gasteiger partial charge in [-0.15, -0.1) is 0 Å². The maximum Gasteiger partial charge on any atom is 0.251 e. The Morgan fingerprint density at radius 2 is 1.39 bits per heavy atom. The molecule has 3 heteroatoms. The van der Waals surface area contributed by atoms with Gasteiger partial charge in [0.15, 0.2) is 5.78 Å². The number of carbonyl (C=O) groups is 2. The molecule has 0 bridgehead atoms. The van der Waals surface area contributed by atoms with Crippen molar-refractivity contribution in [2.75, 3.05) is 7.05 Å². The van der Waals surface area contributed by atoms with Crippen LogP contribution >= 0.6 is 0 Å². The number of amides is 1. The van der Waals surface area contributed by atoms with Crippen LogP contribution in [0.4, 0.5) is 0 Å². The predicted molar refractivity (Wildman–Crippen MR) is 69.7 cm³/mol. The van der Waals surface area contributed by atoms with Crippen molar-refractivity contribution in [1.82, 2.24) is 5.32 Å². The Kier molecular flexibility index (Phi) is 3.53. The highest BCUT2D eigenvalue weighted by Crippen LogP contribution is 2.14. The average Bonchev–Trinajstić information content (AvgIpc) is 2.46. The SMILES string of the molecule is CNC(=O)c1ccccc1C(=O)c1ccccc1. The summed E-state index contributed by atoms with van der Waals surface area (Å²) in [4.78, 5) is 24.0. The zero-order valence-corrected chi connectivity index (χ0v) is 10.0. The minimum atomic E-state index is -0.255. The second-order valence-corrected chi connectivity index (χ2v) is 3.82. The molecule has 0 radical (unpaired) electrons. The van der Waals surface area contributed by atoms with Crippen LogP contribution in [0, 0.1) is 0 Å². The van der Waals surface area contributed by atoms with E-state index >= 15 is 0 Å². The molecule has 0 fully saturated rings. The number of rotatable bonds is 3. The van der Waals surface area contributed by atoms with E-state index in [1.165, 1.54) is 0 Å². The number of carbonyl (C=O) groups excluding carboxylic acids is 2. The molecule has 0 aromatic heterocycles. The van der Waals surface area contributed by atoms with Gasteiger partial charge in [0.05, 0.1) is 5.56 Å². The molecule has 0 heterocycles. The number of benzene rings is 2. The van der Waals surface area contributed by atoms with Gasteiger partial charge in [0.2, 0.25) is 0 Å². The quantitative estimate of drug-likeness (QED) is 0.835. The summed E-state index contributed by atoms with van der Waals surface area (Å²) in [5.41, 5.74) is 1.39. The highest BCUT2D eigenvalue weighted by molar-refractivity contribution is 6.15. The van der Waals surface area contributed by atoms with Gasteiger partial charge in [-0.2, -0.15) is 0 Å². The Labute approximate surface area is 105 Å². The zero-order chi connectivity index (χ0) is 13.0. The standard InChI is InChI=1S/C15H13NO2/c1-16-15(18)13-10-6-5-9-12(13)14(17)11-7-3-2-4-8-11/h2-10H,1H3,(H,16,18). The second-order valence-electron chi connectivity index (χ2n) is 3.82. The van der Waals surface area contributed by atoms with Crippen LogP contribution in [-0.2, 0) is 0 Å². The van der Waals surface area contributed by atoms with E-state index in [-0.39, 0.29) is 11.7 Å². The van der Waals surface area contributed by atoms with E-state index in [2.05, 4.69) is 5.32 Å². The largest absolute Gasteiger partial charge is 0.355 e. The first-order chi connectivity index (χ1) is 8.74. The van der Waals surface area contributed by atoms with E-state index in [4.69, 9.17) is 0 Å². The summed E-state index contributed by atoms with van der Waals surface area (Å²) in [6.07, 6.45) is 0. The molecule has 2 aromatic carbocycles. The summed E-state index contributed by atoms with van der Waals surface area (Å²) in [5, 5.41) is 2.54. The number of hydrogen-bond acceptors (Lipinski definition) is 2. The lowest BCUT2D eigenvalue weighted by Crippen LogP contribution is -2.21. The molecule has 1 amide bonds. The van der Waals surface area contributed by atoms with Crippen molar-refractivity contribution in [3.63, 3.8) is 0 Å². The Morgan fingerprint density at radius 3 is 2.00 bits per heavy atom. The van der Waals surface area contributed by atoms with Crippen LogP contribution in [0.2, 0.25) is 0 Å². The zero-order valence-electron chi connectivity index (χ0n) is 10.0. The van der Waals surface area contributed by atoms with Crippen LogP contribution < -0.4 is 5.32 Å². The van der Waals surface area contributed by atoms with Crippen LogP contribution in [0.3, 0.4) is 0 Å². The third-order valence-corrected chi connectivity index (χ3v) is 2.68. The van der Waals surface area contributed by atoms with Gasteiger partial charge in [-0.3, -0.25) is 9.59 Å². The van der Waals surface area contributed by atoms with Gasteiger partial charge in [-0.1, -0.05) is 48.5 Å². The molecule has 90 valence electrons. The van der Waals surface area contributed by atoms with Crippen molar-refractivity contribution >= 4 is 11.7 Å². The molecule has 0 aliphatic rings. The van der Waals surface area contributed by atoms with E-state index in [0.29, 0.717) is 16.7 Å². The summed E-state index contributed by atoms with van der Waals surface area (Å²) in [7, 11) is 1.55.